The summed E-state index contributed by atoms with van der Waals surface area (Å²) < 4.78 is 6.91. The number of rotatable bonds is 7. The summed E-state index contributed by atoms with van der Waals surface area (Å²) >= 11 is 2.63. The Balaban J connectivity index is 1.68. The van der Waals surface area contributed by atoms with E-state index in [1.165, 1.54) is 23.1 Å². The van der Waals surface area contributed by atoms with Crippen LogP contribution in [0.2, 0.25) is 0 Å². The maximum Gasteiger partial charge on any atom is 0.341 e. The summed E-state index contributed by atoms with van der Waals surface area (Å²) in [6.45, 7) is 5.79. The number of amides is 1. The standard InChI is InChI=1S/C19H21N5O3S2/c1-5-27-18(26)15-11(2)12(3)29-17(15)21-14(25)10-28-19-23-22-16(24(19)4)13-8-6-7-9-20-13/h6-9H,5,10H2,1-4H3,(H,21,25). The number of aryl methyl sites for hydroxylation is 1. The van der Waals surface area contributed by atoms with Crippen molar-refractivity contribution in [1.82, 2.24) is 19.7 Å². The average molecular weight is 432 g/mol. The van der Waals surface area contributed by atoms with Gasteiger partial charge < -0.3 is 14.6 Å². The molecule has 8 nitrogen and oxygen atoms in total. The van der Waals surface area contributed by atoms with Crippen LogP contribution in [0.3, 0.4) is 0 Å². The van der Waals surface area contributed by atoms with Crippen molar-refractivity contribution in [3.63, 3.8) is 0 Å². The molecule has 0 saturated heterocycles. The summed E-state index contributed by atoms with van der Waals surface area (Å²) in [5.74, 6) is 0.101. The van der Waals surface area contributed by atoms with E-state index < -0.39 is 5.97 Å². The number of hydrogen-bond donors (Lipinski definition) is 1. The summed E-state index contributed by atoms with van der Waals surface area (Å²) in [7, 11) is 1.83. The van der Waals surface area contributed by atoms with Gasteiger partial charge in [0.15, 0.2) is 11.0 Å². The van der Waals surface area contributed by atoms with E-state index in [2.05, 4.69) is 20.5 Å². The highest BCUT2D eigenvalue weighted by Crippen LogP contribution is 2.33. The topological polar surface area (TPSA) is 99.0 Å². The van der Waals surface area contributed by atoms with Gasteiger partial charge in [0, 0.05) is 18.1 Å². The van der Waals surface area contributed by atoms with E-state index in [0.717, 1.165) is 10.4 Å². The molecule has 0 unspecified atom stereocenters. The number of ether oxygens (including phenoxy) is 1. The van der Waals surface area contributed by atoms with Crippen LogP contribution in [-0.4, -0.2) is 44.0 Å². The predicted molar refractivity (Wildman–Crippen MR) is 113 cm³/mol. The molecule has 3 heterocycles. The molecule has 0 atom stereocenters. The second kappa shape index (κ2) is 9.19. The van der Waals surface area contributed by atoms with Crippen LogP contribution in [0.1, 0.15) is 27.7 Å². The van der Waals surface area contributed by atoms with Gasteiger partial charge in [-0.1, -0.05) is 17.8 Å². The Labute approximate surface area is 176 Å². The van der Waals surface area contributed by atoms with Crippen LogP contribution in [0.25, 0.3) is 11.5 Å². The SMILES string of the molecule is CCOC(=O)c1c(NC(=O)CSc2nnc(-c3ccccn3)n2C)sc(C)c1C. The molecular weight excluding hydrogens is 410 g/mol. The van der Waals surface area contributed by atoms with Crippen molar-refractivity contribution in [2.45, 2.75) is 25.9 Å². The zero-order valence-electron chi connectivity index (χ0n) is 16.6. The molecule has 0 aromatic carbocycles. The van der Waals surface area contributed by atoms with E-state index in [1.807, 2.05) is 39.1 Å². The maximum atomic E-state index is 12.5. The first kappa shape index (κ1) is 21.0. The third-order valence-electron chi connectivity index (χ3n) is 4.18. The Morgan fingerprint density at radius 3 is 2.76 bits per heavy atom. The Kier molecular flexibility index (Phi) is 6.65. The lowest BCUT2D eigenvalue weighted by atomic mass is 10.1. The average Bonchev–Trinajstić information content (AvgIpc) is 3.20. The molecule has 0 aliphatic rings. The normalized spacial score (nSPS) is 10.8. The fourth-order valence-electron chi connectivity index (χ4n) is 2.62. The Morgan fingerprint density at radius 2 is 2.07 bits per heavy atom. The zero-order valence-corrected chi connectivity index (χ0v) is 18.2. The minimum Gasteiger partial charge on any atom is -0.462 e. The second-order valence-electron chi connectivity index (χ2n) is 6.12. The van der Waals surface area contributed by atoms with Crippen LogP contribution in [0, 0.1) is 13.8 Å². The van der Waals surface area contributed by atoms with Gasteiger partial charge in [0.1, 0.15) is 10.7 Å². The monoisotopic (exact) mass is 431 g/mol. The first-order valence-electron chi connectivity index (χ1n) is 8.92. The number of carbonyl (C=O) groups excluding carboxylic acids is 2. The first-order chi connectivity index (χ1) is 13.9. The molecule has 3 rings (SSSR count). The van der Waals surface area contributed by atoms with Crippen molar-refractivity contribution in [2.24, 2.45) is 7.05 Å². The summed E-state index contributed by atoms with van der Waals surface area (Å²) in [5, 5.41) is 12.2. The van der Waals surface area contributed by atoms with E-state index in [4.69, 9.17) is 4.74 Å². The van der Waals surface area contributed by atoms with E-state index in [0.29, 0.717) is 27.2 Å². The molecular formula is C19H21N5O3S2. The van der Waals surface area contributed by atoms with Gasteiger partial charge in [0.05, 0.1) is 17.9 Å². The molecule has 0 aliphatic heterocycles. The molecule has 1 N–H and O–H groups in total. The smallest absolute Gasteiger partial charge is 0.341 e. The highest BCUT2D eigenvalue weighted by atomic mass is 32.2. The summed E-state index contributed by atoms with van der Waals surface area (Å²) in [6.07, 6.45) is 1.69. The minimum absolute atomic E-state index is 0.131. The van der Waals surface area contributed by atoms with E-state index in [-0.39, 0.29) is 18.3 Å². The lowest BCUT2D eigenvalue weighted by molar-refractivity contribution is -0.113. The van der Waals surface area contributed by atoms with Gasteiger partial charge in [-0.15, -0.1) is 21.5 Å². The van der Waals surface area contributed by atoms with Gasteiger partial charge in [0.25, 0.3) is 0 Å². The Morgan fingerprint density at radius 1 is 1.28 bits per heavy atom. The molecule has 1 amide bonds. The van der Waals surface area contributed by atoms with Gasteiger partial charge in [-0.25, -0.2) is 4.79 Å². The summed E-state index contributed by atoms with van der Waals surface area (Å²) in [4.78, 5) is 30.0. The van der Waals surface area contributed by atoms with Crippen molar-refractivity contribution in [2.75, 3.05) is 17.7 Å². The molecule has 10 heteroatoms. The second-order valence-corrected chi connectivity index (χ2v) is 8.29. The molecule has 29 heavy (non-hydrogen) atoms. The maximum absolute atomic E-state index is 12.5. The van der Waals surface area contributed by atoms with E-state index >= 15 is 0 Å². The van der Waals surface area contributed by atoms with Gasteiger partial charge in [-0.2, -0.15) is 0 Å². The number of nitrogens with one attached hydrogen (secondary N) is 1. The molecule has 3 aromatic rings. The van der Waals surface area contributed by atoms with Crippen LogP contribution >= 0.6 is 23.1 Å². The molecule has 0 radical (unpaired) electrons. The number of aromatic nitrogens is 4. The predicted octanol–water partition coefficient (Wildman–Crippen LogP) is 3.46. The van der Waals surface area contributed by atoms with Crippen molar-refractivity contribution in [1.29, 1.82) is 0 Å². The number of thioether (sulfide) groups is 1. The molecule has 152 valence electrons. The Hall–Kier alpha value is -2.72. The highest BCUT2D eigenvalue weighted by molar-refractivity contribution is 7.99. The van der Waals surface area contributed by atoms with E-state index in [1.54, 1.807) is 17.7 Å². The number of carbonyl (C=O) groups is 2. The minimum atomic E-state index is -0.425. The highest BCUT2D eigenvalue weighted by Gasteiger charge is 2.22. The molecule has 0 aliphatic carbocycles. The molecule has 0 spiro atoms. The van der Waals surface area contributed by atoms with E-state index in [9.17, 15) is 9.59 Å². The lowest BCUT2D eigenvalue weighted by Crippen LogP contribution is -2.16. The third kappa shape index (κ3) is 4.65. The van der Waals surface area contributed by atoms with Crippen LogP contribution in [-0.2, 0) is 16.6 Å². The third-order valence-corrected chi connectivity index (χ3v) is 6.32. The number of pyridine rings is 1. The fourth-order valence-corrected chi connectivity index (χ4v) is 4.39. The number of hydrogen-bond acceptors (Lipinski definition) is 8. The molecule has 3 aromatic heterocycles. The number of anilines is 1. The molecule has 0 fully saturated rings. The van der Waals surface area contributed by atoms with Gasteiger partial charge in [0.2, 0.25) is 5.91 Å². The first-order valence-corrected chi connectivity index (χ1v) is 10.7. The number of nitrogens with zero attached hydrogens (tertiary/aromatic N) is 4. The van der Waals surface area contributed by atoms with Crippen LogP contribution < -0.4 is 5.32 Å². The van der Waals surface area contributed by atoms with Crippen molar-refractivity contribution < 1.29 is 14.3 Å². The number of esters is 1. The fraction of sp³-hybridized carbons (Fsp3) is 0.316. The Bertz CT molecular complexity index is 1030. The van der Waals surface area contributed by atoms with Crippen molar-refractivity contribution in [3.8, 4) is 11.5 Å². The number of thiophene rings is 1. The summed E-state index contributed by atoms with van der Waals surface area (Å²) in [5.41, 5.74) is 1.95. The zero-order chi connectivity index (χ0) is 21.0. The van der Waals surface area contributed by atoms with Crippen LogP contribution in [0.4, 0.5) is 5.00 Å². The quantitative estimate of drug-likeness (QED) is 0.452. The summed E-state index contributed by atoms with van der Waals surface area (Å²) in [6, 6.07) is 5.56. The largest absolute Gasteiger partial charge is 0.462 e. The van der Waals surface area contributed by atoms with Gasteiger partial charge in [-0.3, -0.25) is 9.78 Å². The molecule has 0 saturated carbocycles. The van der Waals surface area contributed by atoms with Crippen LogP contribution in [0.5, 0.6) is 0 Å². The van der Waals surface area contributed by atoms with Crippen molar-refractivity contribution in [3.05, 3.63) is 40.4 Å². The van der Waals surface area contributed by atoms with Crippen LogP contribution in [0.15, 0.2) is 29.6 Å². The van der Waals surface area contributed by atoms with Crippen molar-refractivity contribution >= 4 is 40.0 Å². The van der Waals surface area contributed by atoms with Gasteiger partial charge >= 0.3 is 5.97 Å². The molecule has 0 bridgehead atoms. The van der Waals surface area contributed by atoms with Gasteiger partial charge in [-0.05, 0) is 38.5 Å². The lowest BCUT2D eigenvalue weighted by Gasteiger charge is -2.07.